The molecular formula is C24H29ClN4O. The molecule has 1 heterocycles. The third-order valence-electron chi connectivity index (χ3n) is 6.16. The first kappa shape index (κ1) is 20.7. The van der Waals surface area contributed by atoms with Gasteiger partial charge >= 0.3 is 0 Å². The van der Waals surface area contributed by atoms with Gasteiger partial charge in [0.1, 0.15) is 0 Å². The number of amides is 1. The molecule has 0 radical (unpaired) electrons. The van der Waals surface area contributed by atoms with E-state index in [1.807, 2.05) is 29.2 Å². The van der Waals surface area contributed by atoms with Crippen LogP contribution < -0.4 is 10.6 Å². The van der Waals surface area contributed by atoms with Crippen LogP contribution in [0.5, 0.6) is 0 Å². The standard InChI is InChI=1S/C24H29ClN4O/c1-26-23(28-17-24(11-12-24)20-8-4-9-21(25)14-20)27-13-5-10-22(30)29-15-18-6-2-3-7-19(18)16-29/h2-4,6-9,14H,5,10-13,15-17H2,1H3,(H2,26,27,28). The van der Waals surface area contributed by atoms with Gasteiger partial charge in [-0.25, -0.2) is 0 Å². The summed E-state index contributed by atoms with van der Waals surface area (Å²) in [6, 6.07) is 16.4. The van der Waals surface area contributed by atoms with Gasteiger partial charge in [0.2, 0.25) is 5.91 Å². The average Bonchev–Trinajstić information content (AvgIpc) is 3.43. The number of aliphatic imine (C=N–C) groups is 1. The topological polar surface area (TPSA) is 56.7 Å². The van der Waals surface area contributed by atoms with E-state index in [2.05, 4.69) is 39.9 Å². The molecule has 1 aliphatic heterocycles. The van der Waals surface area contributed by atoms with Gasteiger partial charge in [0, 0.05) is 50.1 Å². The minimum Gasteiger partial charge on any atom is -0.356 e. The van der Waals surface area contributed by atoms with E-state index < -0.39 is 0 Å². The molecule has 2 aromatic rings. The Hall–Kier alpha value is -2.53. The number of benzene rings is 2. The average molecular weight is 425 g/mol. The minimum atomic E-state index is 0.156. The van der Waals surface area contributed by atoms with E-state index in [4.69, 9.17) is 11.6 Å². The van der Waals surface area contributed by atoms with Crippen LogP contribution in [0.3, 0.4) is 0 Å². The van der Waals surface area contributed by atoms with Crippen molar-refractivity contribution >= 4 is 23.5 Å². The molecule has 0 spiro atoms. The Morgan fingerprint density at radius 3 is 2.47 bits per heavy atom. The Kier molecular flexibility index (Phi) is 6.28. The van der Waals surface area contributed by atoms with Gasteiger partial charge in [0.05, 0.1) is 0 Å². The summed E-state index contributed by atoms with van der Waals surface area (Å²) in [4.78, 5) is 18.8. The third kappa shape index (κ3) is 4.78. The number of nitrogens with one attached hydrogen (secondary N) is 2. The maximum atomic E-state index is 12.5. The van der Waals surface area contributed by atoms with E-state index in [1.54, 1.807) is 7.05 Å². The summed E-state index contributed by atoms with van der Waals surface area (Å²) in [6.45, 7) is 3.02. The number of hydrogen-bond acceptors (Lipinski definition) is 2. The second kappa shape index (κ2) is 9.09. The second-order valence-electron chi connectivity index (χ2n) is 8.27. The largest absolute Gasteiger partial charge is 0.356 e. The maximum absolute atomic E-state index is 12.5. The van der Waals surface area contributed by atoms with Gasteiger partial charge in [-0.05, 0) is 48.1 Å². The Balaban J connectivity index is 1.18. The van der Waals surface area contributed by atoms with E-state index >= 15 is 0 Å². The number of guanidine groups is 1. The van der Waals surface area contributed by atoms with E-state index in [0.717, 1.165) is 56.4 Å². The quantitative estimate of drug-likeness (QED) is 0.403. The molecule has 6 heteroatoms. The first-order valence-corrected chi connectivity index (χ1v) is 11.0. The van der Waals surface area contributed by atoms with Crippen molar-refractivity contribution in [2.45, 2.75) is 44.2 Å². The van der Waals surface area contributed by atoms with Crippen LogP contribution in [-0.4, -0.2) is 36.9 Å². The summed E-state index contributed by atoms with van der Waals surface area (Å²) >= 11 is 6.16. The lowest BCUT2D eigenvalue weighted by atomic mass is 9.96. The van der Waals surface area contributed by atoms with Crippen LogP contribution in [0.15, 0.2) is 53.5 Å². The van der Waals surface area contributed by atoms with Crippen molar-refractivity contribution in [3.05, 3.63) is 70.2 Å². The van der Waals surface area contributed by atoms with Gasteiger partial charge in [-0.15, -0.1) is 0 Å². The number of carbonyl (C=O) groups is 1. The molecule has 1 aliphatic carbocycles. The zero-order valence-corrected chi connectivity index (χ0v) is 18.2. The Bertz CT molecular complexity index is 913. The van der Waals surface area contributed by atoms with E-state index in [-0.39, 0.29) is 11.3 Å². The highest BCUT2D eigenvalue weighted by molar-refractivity contribution is 6.30. The summed E-state index contributed by atoms with van der Waals surface area (Å²) in [6.07, 6.45) is 3.64. The van der Waals surface area contributed by atoms with Gasteiger partial charge in [0.25, 0.3) is 0 Å². The molecule has 30 heavy (non-hydrogen) atoms. The number of rotatable bonds is 7. The molecule has 0 atom stereocenters. The zero-order chi connectivity index (χ0) is 21.0. The third-order valence-corrected chi connectivity index (χ3v) is 6.40. The number of carbonyl (C=O) groups excluding carboxylic acids is 1. The van der Waals surface area contributed by atoms with Crippen molar-refractivity contribution in [3.63, 3.8) is 0 Å². The Morgan fingerprint density at radius 2 is 1.83 bits per heavy atom. The number of nitrogens with zero attached hydrogens (tertiary/aromatic N) is 2. The lowest BCUT2D eigenvalue weighted by Gasteiger charge is -2.19. The first-order chi connectivity index (χ1) is 14.6. The monoisotopic (exact) mass is 424 g/mol. The fraction of sp³-hybridized carbons (Fsp3) is 0.417. The van der Waals surface area contributed by atoms with Crippen molar-refractivity contribution < 1.29 is 4.79 Å². The molecule has 1 amide bonds. The van der Waals surface area contributed by atoms with Crippen LogP contribution in [0.1, 0.15) is 42.4 Å². The van der Waals surface area contributed by atoms with Crippen LogP contribution >= 0.6 is 11.6 Å². The lowest BCUT2D eigenvalue weighted by Crippen LogP contribution is -2.41. The number of fused-ring (bicyclic) bond motifs is 1. The summed E-state index contributed by atoms with van der Waals surface area (Å²) < 4.78 is 0. The summed E-state index contributed by atoms with van der Waals surface area (Å²) in [5.74, 6) is 0.998. The molecule has 1 fully saturated rings. The Morgan fingerprint density at radius 1 is 1.10 bits per heavy atom. The highest BCUT2D eigenvalue weighted by Crippen LogP contribution is 2.48. The minimum absolute atomic E-state index is 0.156. The lowest BCUT2D eigenvalue weighted by molar-refractivity contribution is -0.131. The molecule has 5 nitrogen and oxygen atoms in total. The van der Waals surface area contributed by atoms with Crippen LogP contribution in [0.4, 0.5) is 0 Å². The molecule has 158 valence electrons. The predicted molar refractivity (Wildman–Crippen MR) is 122 cm³/mol. The normalized spacial score (nSPS) is 16.9. The molecule has 2 aromatic carbocycles. The second-order valence-corrected chi connectivity index (χ2v) is 8.70. The van der Waals surface area contributed by atoms with E-state index in [0.29, 0.717) is 6.42 Å². The summed E-state index contributed by atoms with van der Waals surface area (Å²) in [5.41, 5.74) is 3.98. The van der Waals surface area contributed by atoms with Gasteiger partial charge < -0.3 is 15.5 Å². The van der Waals surface area contributed by atoms with Gasteiger partial charge in [-0.1, -0.05) is 48.0 Å². The Labute approximate surface area is 183 Å². The molecular weight excluding hydrogens is 396 g/mol. The first-order valence-electron chi connectivity index (χ1n) is 10.6. The van der Waals surface area contributed by atoms with Gasteiger partial charge in [0.15, 0.2) is 5.96 Å². The number of hydrogen-bond donors (Lipinski definition) is 2. The zero-order valence-electron chi connectivity index (χ0n) is 17.5. The SMILES string of the molecule is CN=C(NCCCC(=O)N1Cc2ccccc2C1)NCC1(c2cccc(Cl)c2)CC1. The number of halogens is 1. The van der Waals surface area contributed by atoms with Crippen LogP contribution in [0.2, 0.25) is 5.02 Å². The molecule has 4 rings (SSSR count). The summed E-state index contributed by atoms with van der Waals surface area (Å²) in [5, 5.41) is 7.57. The molecule has 0 bridgehead atoms. The highest BCUT2D eigenvalue weighted by Gasteiger charge is 2.44. The van der Waals surface area contributed by atoms with Crippen molar-refractivity contribution in [3.8, 4) is 0 Å². The van der Waals surface area contributed by atoms with Crippen LogP contribution in [0, 0.1) is 0 Å². The molecule has 1 saturated carbocycles. The maximum Gasteiger partial charge on any atom is 0.223 e. The van der Waals surface area contributed by atoms with Crippen molar-refractivity contribution in [1.82, 2.24) is 15.5 Å². The fourth-order valence-corrected chi connectivity index (χ4v) is 4.31. The highest BCUT2D eigenvalue weighted by atomic mass is 35.5. The summed E-state index contributed by atoms with van der Waals surface area (Å²) in [7, 11) is 1.78. The van der Waals surface area contributed by atoms with Gasteiger partial charge in [-0.3, -0.25) is 9.79 Å². The van der Waals surface area contributed by atoms with Crippen LogP contribution in [-0.2, 0) is 23.3 Å². The molecule has 2 aliphatic rings. The van der Waals surface area contributed by atoms with Crippen LogP contribution in [0.25, 0.3) is 0 Å². The molecule has 0 aromatic heterocycles. The van der Waals surface area contributed by atoms with E-state index in [1.165, 1.54) is 16.7 Å². The van der Waals surface area contributed by atoms with Crippen molar-refractivity contribution in [2.24, 2.45) is 4.99 Å². The smallest absolute Gasteiger partial charge is 0.223 e. The fourth-order valence-electron chi connectivity index (χ4n) is 4.12. The predicted octanol–water partition coefficient (Wildman–Crippen LogP) is 3.86. The van der Waals surface area contributed by atoms with Crippen molar-refractivity contribution in [1.29, 1.82) is 0 Å². The molecule has 0 unspecified atom stereocenters. The van der Waals surface area contributed by atoms with E-state index in [9.17, 15) is 4.79 Å². The molecule has 2 N–H and O–H groups in total. The van der Waals surface area contributed by atoms with Gasteiger partial charge in [-0.2, -0.15) is 0 Å². The van der Waals surface area contributed by atoms with Crippen molar-refractivity contribution in [2.75, 3.05) is 20.1 Å². The molecule has 0 saturated heterocycles.